The van der Waals surface area contributed by atoms with Gasteiger partial charge in [0.05, 0.1) is 0 Å². The Morgan fingerprint density at radius 1 is 0.386 bits per heavy atom. The lowest BCUT2D eigenvalue weighted by atomic mass is 9.89. The van der Waals surface area contributed by atoms with Crippen molar-refractivity contribution in [3.8, 4) is 16.9 Å². The van der Waals surface area contributed by atoms with Crippen molar-refractivity contribution >= 4 is 31.0 Å². The van der Waals surface area contributed by atoms with Crippen LogP contribution in [0.15, 0.2) is 181 Å². The number of hydrogen-bond acceptors (Lipinski definition) is 1. The van der Waals surface area contributed by atoms with Crippen molar-refractivity contribution < 1.29 is 5.11 Å². The Hall–Kier alpha value is -5.49. The molecular formula is C42H30OS. The molecule has 0 unspecified atom stereocenters. The molecule has 0 aromatic heterocycles. The highest BCUT2D eigenvalue weighted by molar-refractivity contribution is 8.51. The molecule has 44 heavy (non-hydrogen) atoms. The summed E-state index contributed by atoms with van der Waals surface area (Å²) in [5.41, 5.74) is 7.92. The molecule has 1 N–H and O–H groups in total. The van der Waals surface area contributed by atoms with Gasteiger partial charge in [0.25, 0.3) is 0 Å². The Balaban J connectivity index is 1.72. The number of phenolic OH excluding ortho intramolecular Hbond substituents is 1. The molecule has 0 radical (unpaired) electrons. The molecule has 7 rings (SSSR count). The summed E-state index contributed by atoms with van der Waals surface area (Å²) in [6, 6.07) is 61.0. The first kappa shape index (κ1) is 27.3. The summed E-state index contributed by atoms with van der Waals surface area (Å²) in [6.07, 6.45) is 0. The SMILES string of the molecule is Oc1ccc(C#CS2(c3ccccc3)C(c3ccccc3)=C(c3ccccc3)C(c3ccccc3)=C2c2ccccc2)cc1. The van der Waals surface area contributed by atoms with Crippen molar-refractivity contribution in [1.82, 2.24) is 0 Å². The molecule has 210 valence electrons. The quantitative estimate of drug-likeness (QED) is 0.201. The highest BCUT2D eigenvalue weighted by Gasteiger charge is 2.45. The molecule has 1 aliphatic rings. The van der Waals surface area contributed by atoms with E-state index in [9.17, 15) is 5.11 Å². The standard InChI is InChI=1S/C42H30OS/c43-37-28-26-32(27-29-37)30-31-44(38-24-14-5-15-25-38)41(35-20-10-3-11-21-35)39(33-16-6-1-7-17-33)40(34-18-8-2-9-19-34)42(44)36-22-12-4-13-23-36/h1-29,43H. The summed E-state index contributed by atoms with van der Waals surface area (Å²) in [4.78, 5) is 3.65. The van der Waals surface area contributed by atoms with Gasteiger partial charge >= 0.3 is 0 Å². The maximum atomic E-state index is 10.0. The molecule has 6 aromatic carbocycles. The third kappa shape index (κ3) is 4.94. The van der Waals surface area contributed by atoms with Crippen molar-refractivity contribution in [3.05, 3.63) is 204 Å². The number of allylic oxidation sites excluding steroid dienone is 2. The first-order chi connectivity index (χ1) is 21.8. The third-order valence-electron chi connectivity index (χ3n) is 7.83. The molecule has 0 spiro atoms. The molecule has 2 heteroatoms. The van der Waals surface area contributed by atoms with E-state index >= 15 is 0 Å². The molecule has 1 nitrogen and oxygen atoms in total. The molecule has 0 saturated heterocycles. The van der Waals surface area contributed by atoms with Crippen LogP contribution in [-0.2, 0) is 0 Å². The van der Waals surface area contributed by atoms with Crippen LogP contribution in [0.2, 0.25) is 0 Å². The molecule has 0 atom stereocenters. The van der Waals surface area contributed by atoms with E-state index in [0.717, 1.165) is 27.8 Å². The summed E-state index contributed by atoms with van der Waals surface area (Å²) in [6.45, 7) is 0. The Morgan fingerprint density at radius 3 is 1.16 bits per heavy atom. The van der Waals surface area contributed by atoms with Crippen molar-refractivity contribution in [1.29, 1.82) is 0 Å². The zero-order chi connectivity index (χ0) is 29.8. The van der Waals surface area contributed by atoms with Gasteiger partial charge in [-0.2, -0.15) is 0 Å². The molecule has 0 bridgehead atoms. The average molecular weight is 583 g/mol. The van der Waals surface area contributed by atoms with E-state index < -0.39 is 10.0 Å². The number of benzene rings is 6. The van der Waals surface area contributed by atoms with Crippen LogP contribution in [0.4, 0.5) is 0 Å². The molecular weight excluding hydrogens is 553 g/mol. The minimum atomic E-state index is -2.19. The Labute approximate surface area is 260 Å². The molecule has 1 heterocycles. The van der Waals surface area contributed by atoms with Gasteiger partial charge in [-0.25, -0.2) is 0 Å². The maximum Gasteiger partial charge on any atom is 0.115 e. The fourth-order valence-corrected chi connectivity index (χ4v) is 9.78. The zero-order valence-corrected chi connectivity index (χ0v) is 24.9. The third-order valence-corrected chi connectivity index (χ3v) is 11.3. The summed E-state index contributed by atoms with van der Waals surface area (Å²) >= 11 is 0. The molecule has 0 fully saturated rings. The van der Waals surface area contributed by atoms with Crippen molar-refractivity contribution in [2.75, 3.05) is 0 Å². The van der Waals surface area contributed by atoms with Crippen LogP contribution >= 0.6 is 10.0 Å². The van der Waals surface area contributed by atoms with Gasteiger partial charge in [-0.05, 0) is 63.9 Å². The first-order valence-electron chi connectivity index (χ1n) is 14.7. The lowest BCUT2D eigenvalue weighted by molar-refractivity contribution is 0.475. The summed E-state index contributed by atoms with van der Waals surface area (Å²) in [7, 11) is -2.19. The second kappa shape index (κ2) is 12.0. The minimum Gasteiger partial charge on any atom is -0.508 e. The van der Waals surface area contributed by atoms with E-state index in [1.54, 1.807) is 12.1 Å². The van der Waals surface area contributed by atoms with Crippen LogP contribution in [0.25, 0.3) is 21.0 Å². The molecule has 0 amide bonds. The number of rotatable bonds is 5. The minimum absolute atomic E-state index is 0.231. The van der Waals surface area contributed by atoms with Crippen LogP contribution in [0.5, 0.6) is 5.75 Å². The van der Waals surface area contributed by atoms with E-state index in [2.05, 4.69) is 163 Å². The summed E-state index contributed by atoms with van der Waals surface area (Å²) in [5, 5.41) is 14.0. The van der Waals surface area contributed by atoms with Gasteiger partial charge in [0, 0.05) is 31.4 Å². The van der Waals surface area contributed by atoms with Crippen molar-refractivity contribution in [2.45, 2.75) is 4.90 Å². The van der Waals surface area contributed by atoms with Crippen molar-refractivity contribution in [3.63, 3.8) is 0 Å². The van der Waals surface area contributed by atoms with Gasteiger partial charge in [0.15, 0.2) is 0 Å². The number of phenols is 1. The monoisotopic (exact) mass is 582 g/mol. The normalized spacial score (nSPS) is 14.5. The predicted octanol–water partition coefficient (Wildman–Crippen LogP) is 10.7. The smallest absolute Gasteiger partial charge is 0.115 e. The lowest BCUT2D eigenvalue weighted by Crippen LogP contribution is -2.03. The van der Waals surface area contributed by atoms with E-state index in [4.69, 9.17) is 0 Å². The van der Waals surface area contributed by atoms with E-state index in [1.807, 2.05) is 12.1 Å². The summed E-state index contributed by atoms with van der Waals surface area (Å²) < 4.78 is 0. The molecule has 0 saturated carbocycles. The van der Waals surface area contributed by atoms with Crippen molar-refractivity contribution in [2.24, 2.45) is 0 Å². The fraction of sp³-hybridized carbons (Fsp3) is 0. The first-order valence-corrected chi connectivity index (χ1v) is 16.3. The topological polar surface area (TPSA) is 20.2 Å². The van der Waals surface area contributed by atoms with Gasteiger partial charge in [0.1, 0.15) is 5.75 Å². The molecule has 0 aliphatic carbocycles. The molecule has 1 aliphatic heterocycles. The lowest BCUT2D eigenvalue weighted by Gasteiger charge is -2.37. The second-order valence-corrected chi connectivity index (χ2v) is 13.3. The summed E-state index contributed by atoms with van der Waals surface area (Å²) in [5.74, 6) is 3.83. The maximum absolute atomic E-state index is 10.0. The van der Waals surface area contributed by atoms with E-state index in [0.29, 0.717) is 0 Å². The molecule has 6 aromatic rings. The highest BCUT2D eigenvalue weighted by atomic mass is 32.3. The average Bonchev–Trinajstić information content (AvgIpc) is 3.42. The van der Waals surface area contributed by atoms with Gasteiger partial charge in [0.2, 0.25) is 0 Å². The second-order valence-electron chi connectivity index (χ2n) is 10.6. The van der Waals surface area contributed by atoms with Crippen LogP contribution in [0.1, 0.15) is 27.8 Å². The Morgan fingerprint density at radius 2 is 0.750 bits per heavy atom. The zero-order valence-electron chi connectivity index (χ0n) is 24.1. The van der Waals surface area contributed by atoms with Gasteiger partial charge < -0.3 is 5.11 Å². The van der Waals surface area contributed by atoms with Gasteiger partial charge in [-0.1, -0.05) is 155 Å². The number of hydrogen-bond donors (Lipinski definition) is 1. The highest BCUT2D eigenvalue weighted by Crippen LogP contribution is 2.80. The van der Waals surface area contributed by atoms with Crippen LogP contribution < -0.4 is 0 Å². The number of aromatic hydroxyl groups is 1. The van der Waals surface area contributed by atoms with Crippen LogP contribution in [0.3, 0.4) is 0 Å². The van der Waals surface area contributed by atoms with Crippen LogP contribution in [0, 0.1) is 11.2 Å². The van der Waals surface area contributed by atoms with E-state index in [-0.39, 0.29) is 5.75 Å². The Kier molecular flexibility index (Phi) is 7.47. The fourth-order valence-electron chi connectivity index (χ4n) is 5.92. The Bertz CT molecular complexity index is 1920. The van der Waals surface area contributed by atoms with E-state index in [1.165, 1.54) is 25.9 Å². The van der Waals surface area contributed by atoms with Gasteiger partial charge in [-0.15, -0.1) is 0 Å². The van der Waals surface area contributed by atoms with Gasteiger partial charge in [-0.3, -0.25) is 0 Å². The predicted molar refractivity (Wildman–Crippen MR) is 187 cm³/mol. The van der Waals surface area contributed by atoms with Crippen LogP contribution in [-0.4, -0.2) is 5.11 Å². The largest absolute Gasteiger partial charge is 0.508 e.